The molecule has 0 atom stereocenters. The first-order valence-corrected chi connectivity index (χ1v) is 4.32. The zero-order valence-corrected chi connectivity index (χ0v) is 7.43. The van der Waals surface area contributed by atoms with E-state index in [1.807, 2.05) is 0 Å². The van der Waals surface area contributed by atoms with Gasteiger partial charge in [-0.15, -0.1) is 0 Å². The van der Waals surface area contributed by atoms with Crippen LogP contribution in [0.3, 0.4) is 0 Å². The van der Waals surface area contributed by atoms with Gasteiger partial charge in [-0.2, -0.15) is 0 Å². The molecule has 1 aliphatic rings. The minimum Gasteiger partial charge on any atom is -0.481 e. The van der Waals surface area contributed by atoms with Gasteiger partial charge in [0.15, 0.2) is 0 Å². The summed E-state index contributed by atoms with van der Waals surface area (Å²) in [6.45, 7) is 0. The maximum Gasteiger partial charge on any atom is 0.316 e. The zero-order chi connectivity index (χ0) is 10.2. The molecule has 4 nitrogen and oxygen atoms in total. The summed E-state index contributed by atoms with van der Waals surface area (Å²) in [5.74, 6) is -0.978. The molecular formula is C10H9NO3. The fourth-order valence-electron chi connectivity index (χ4n) is 1.71. The largest absolute Gasteiger partial charge is 0.481 e. The van der Waals surface area contributed by atoms with E-state index in [1.165, 1.54) is 0 Å². The molecule has 0 radical (unpaired) electrons. The molecule has 0 bridgehead atoms. The SMILES string of the molecule is O=C1CC(C(=O)O)(c2ccccn2)C1. The molecule has 1 aromatic heterocycles. The van der Waals surface area contributed by atoms with E-state index in [9.17, 15) is 9.59 Å². The predicted octanol–water partition coefficient (Wildman–Crippen LogP) is 0.767. The summed E-state index contributed by atoms with van der Waals surface area (Å²) in [5, 5.41) is 9.06. The first kappa shape index (κ1) is 8.87. The second kappa shape index (κ2) is 2.90. The van der Waals surface area contributed by atoms with Gasteiger partial charge in [0, 0.05) is 19.0 Å². The van der Waals surface area contributed by atoms with Gasteiger partial charge in [0.1, 0.15) is 11.2 Å². The van der Waals surface area contributed by atoms with Gasteiger partial charge in [-0.3, -0.25) is 14.6 Å². The third-order valence-electron chi connectivity index (χ3n) is 2.56. The summed E-state index contributed by atoms with van der Waals surface area (Å²) >= 11 is 0. The Morgan fingerprint density at radius 2 is 2.14 bits per heavy atom. The van der Waals surface area contributed by atoms with Crippen molar-refractivity contribution >= 4 is 11.8 Å². The summed E-state index contributed by atoms with van der Waals surface area (Å²) < 4.78 is 0. The number of carboxylic acids is 1. The normalized spacial score (nSPS) is 18.7. The summed E-state index contributed by atoms with van der Waals surface area (Å²) in [4.78, 5) is 26.0. The van der Waals surface area contributed by atoms with Crippen LogP contribution in [0.5, 0.6) is 0 Å². The van der Waals surface area contributed by atoms with Crippen LogP contribution in [0.25, 0.3) is 0 Å². The van der Waals surface area contributed by atoms with Crippen molar-refractivity contribution < 1.29 is 14.7 Å². The van der Waals surface area contributed by atoms with E-state index in [2.05, 4.69) is 4.98 Å². The van der Waals surface area contributed by atoms with Crippen LogP contribution in [-0.4, -0.2) is 21.8 Å². The molecule has 1 fully saturated rings. The second-order valence-electron chi connectivity index (χ2n) is 3.49. The number of carboxylic acid groups (broad SMARTS) is 1. The maximum atomic E-state index is 11.1. The lowest BCUT2D eigenvalue weighted by atomic mass is 9.65. The number of hydrogen-bond donors (Lipinski definition) is 1. The van der Waals surface area contributed by atoms with E-state index >= 15 is 0 Å². The molecular weight excluding hydrogens is 182 g/mol. The van der Waals surface area contributed by atoms with Gasteiger partial charge >= 0.3 is 5.97 Å². The molecule has 0 unspecified atom stereocenters. The van der Waals surface area contributed by atoms with Crippen LogP contribution in [0.1, 0.15) is 18.5 Å². The Hall–Kier alpha value is -1.71. The number of carbonyl (C=O) groups is 2. The van der Waals surface area contributed by atoms with Crippen LogP contribution in [0.15, 0.2) is 24.4 Å². The van der Waals surface area contributed by atoms with E-state index in [1.54, 1.807) is 24.4 Å². The van der Waals surface area contributed by atoms with Gasteiger partial charge in [-0.25, -0.2) is 0 Å². The van der Waals surface area contributed by atoms with Crippen LogP contribution in [0.4, 0.5) is 0 Å². The molecule has 0 spiro atoms. The summed E-state index contributed by atoms with van der Waals surface area (Å²) in [7, 11) is 0. The third-order valence-corrected chi connectivity index (χ3v) is 2.56. The van der Waals surface area contributed by atoms with E-state index in [4.69, 9.17) is 5.11 Å². The predicted molar refractivity (Wildman–Crippen MR) is 47.8 cm³/mol. The van der Waals surface area contributed by atoms with Gasteiger partial charge in [0.2, 0.25) is 0 Å². The molecule has 0 aliphatic heterocycles. The van der Waals surface area contributed by atoms with Crippen LogP contribution in [-0.2, 0) is 15.0 Å². The zero-order valence-electron chi connectivity index (χ0n) is 7.43. The van der Waals surface area contributed by atoms with Crippen LogP contribution >= 0.6 is 0 Å². The molecule has 0 aromatic carbocycles. The molecule has 1 aromatic rings. The van der Waals surface area contributed by atoms with Gasteiger partial charge in [-0.05, 0) is 12.1 Å². The Morgan fingerprint density at radius 3 is 2.57 bits per heavy atom. The average molecular weight is 191 g/mol. The number of Topliss-reactive ketones (excluding diaryl/α,β-unsaturated/α-hetero) is 1. The molecule has 1 aliphatic carbocycles. The summed E-state index contributed by atoms with van der Waals surface area (Å²) in [6.07, 6.45) is 1.68. The van der Waals surface area contributed by atoms with E-state index in [0.29, 0.717) is 5.69 Å². The topological polar surface area (TPSA) is 67.3 Å². The highest BCUT2D eigenvalue weighted by atomic mass is 16.4. The molecule has 0 amide bonds. The van der Waals surface area contributed by atoms with Gasteiger partial charge in [0.05, 0.1) is 5.69 Å². The number of nitrogens with zero attached hydrogens (tertiary/aromatic N) is 1. The Bertz CT molecular complexity index is 378. The first-order chi connectivity index (χ1) is 6.65. The minimum absolute atomic E-state index is 0.0157. The molecule has 1 saturated carbocycles. The first-order valence-electron chi connectivity index (χ1n) is 4.32. The molecule has 1 heterocycles. The van der Waals surface area contributed by atoms with Crippen molar-refractivity contribution in [3.05, 3.63) is 30.1 Å². The molecule has 72 valence electrons. The Kier molecular flexibility index (Phi) is 1.84. The van der Waals surface area contributed by atoms with Crippen molar-refractivity contribution in [3.63, 3.8) is 0 Å². The summed E-state index contributed by atoms with van der Waals surface area (Å²) in [5.41, 5.74) is -0.578. The van der Waals surface area contributed by atoms with E-state index in [0.717, 1.165) is 0 Å². The van der Waals surface area contributed by atoms with Crippen molar-refractivity contribution in [2.24, 2.45) is 0 Å². The van der Waals surface area contributed by atoms with E-state index in [-0.39, 0.29) is 18.6 Å². The van der Waals surface area contributed by atoms with Crippen LogP contribution in [0, 0.1) is 0 Å². The Labute approximate surface area is 80.6 Å². The van der Waals surface area contributed by atoms with Crippen molar-refractivity contribution in [1.29, 1.82) is 0 Å². The highest BCUT2D eigenvalue weighted by Crippen LogP contribution is 2.40. The maximum absolute atomic E-state index is 11.1. The number of aromatic nitrogens is 1. The number of aliphatic carboxylic acids is 1. The third kappa shape index (κ3) is 1.11. The monoisotopic (exact) mass is 191 g/mol. The van der Waals surface area contributed by atoms with Crippen LogP contribution in [0.2, 0.25) is 0 Å². The highest BCUT2D eigenvalue weighted by molar-refractivity contribution is 6.01. The fraction of sp³-hybridized carbons (Fsp3) is 0.300. The van der Waals surface area contributed by atoms with Gasteiger partial charge in [-0.1, -0.05) is 6.07 Å². The molecule has 2 rings (SSSR count). The minimum atomic E-state index is -1.06. The van der Waals surface area contributed by atoms with Gasteiger partial charge < -0.3 is 5.11 Å². The van der Waals surface area contributed by atoms with Crippen LogP contribution < -0.4 is 0 Å². The van der Waals surface area contributed by atoms with E-state index < -0.39 is 11.4 Å². The molecule has 1 N–H and O–H groups in total. The number of pyridine rings is 1. The summed E-state index contributed by atoms with van der Waals surface area (Å²) in [6, 6.07) is 5.11. The molecule has 14 heavy (non-hydrogen) atoms. The van der Waals surface area contributed by atoms with Crippen molar-refractivity contribution in [1.82, 2.24) is 4.98 Å². The van der Waals surface area contributed by atoms with Crippen molar-refractivity contribution in [2.45, 2.75) is 18.3 Å². The molecule has 0 saturated heterocycles. The van der Waals surface area contributed by atoms with Crippen molar-refractivity contribution in [2.75, 3.05) is 0 Å². The second-order valence-corrected chi connectivity index (χ2v) is 3.49. The quantitative estimate of drug-likeness (QED) is 0.749. The lowest BCUT2D eigenvalue weighted by Crippen LogP contribution is -2.48. The van der Waals surface area contributed by atoms with Crippen molar-refractivity contribution in [3.8, 4) is 0 Å². The standard InChI is InChI=1S/C10H9NO3/c12-7-5-10(6-7,9(13)14)8-3-1-2-4-11-8/h1-4H,5-6H2,(H,13,14). The number of rotatable bonds is 2. The lowest BCUT2D eigenvalue weighted by molar-refractivity contribution is -0.153. The number of carbonyl (C=O) groups excluding carboxylic acids is 1. The number of hydrogen-bond acceptors (Lipinski definition) is 3. The molecule has 4 heteroatoms. The van der Waals surface area contributed by atoms with Gasteiger partial charge in [0.25, 0.3) is 0 Å². The number of ketones is 1. The fourth-order valence-corrected chi connectivity index (χ4v) is 1.71. The Morgan fingerprint density at radius 1 is 1.43 bits per heavy atom. The highest BCUT2D eigenvalue weighted by Gasteiger charge is 2.52. The average Bonchev–Trinajstić information content (AvgIpc) is 2.13. The lowest BCUT2D eigenvalue weighted by Gasteiger charge is -2.35. The Balaban J connectivity index is 2.39. The smallest absolute Gasteiger partial charge is 0.316 e.